The molecule has 0 bridgehead atoms. The lowest BCUT2D eigenvalue weighted by Gasteiger charge is -2.07. The van der Waals surface area contributed by atoms with E-state index in [1.54, 1.807) is 0 Å². The van der Waals surface area contributed by atoms with Gasteiger partial charge in [0.2, 0.25) is 0 Å². The Bertz CT molecular complexity index is 259. The molecule has 0 saturated carbocycles. The summed E-state index contributed by atoms with van der Waals surface area (Å²) in [4.78, 5) is 0.793. The standard InChI is InChI=1S/C10H14N2S/c1-2-11-8-12-10(13)9-6-4-3-5-7-9/h3-7,11H,2,8H2,1H3,(H,12,13). The summed E-state index contributed by atoms with van der Waals surface area (Å²) in [7, 11) is 0. The molecule has 0 unspecified atom stereocenters. The molecule has 3 heteroatoms. The van der Waals surface area contributed by atoms with Crippen molar-refractivity contribution in [2.75, 3.05) is 13.2 Å². The van der Waals surface area contributed by atoms with Crippen LogP contribution in [0.15, 0.2) is 30.3 Å². The Morgan fingerprint density at radius 1 is 1.31 bits per heavy atom. The molecular formula is C10H14N2S. The summed E-state index contributed by atoms with van der Waals surface area (Å²) in [5.74, 6) is 0. The summed E-state index contributed by atoms with van der Waals surface area (Å²) >= 11 is 5.18. The maximum atomic E-state index is 5.18. The highest BCUT2D eigenvalue weighted by molar-refractivity contribution is 7.80. The van der Waals surface area contributed by atoms with E-state index in [9.17, 15) is 0 Å². The highest BCUT2D eigenvalue weighted by Crippen LogP contribution is 1.98. The topological polar surface area (TPSA) is 24.1 Å². The zero-order chi connectivity index (χ0) is 9.52. The normalized spacial score (nSPS) is 9.62. The third-order valence-corrected chi connectivity index (χ3v) is 2.04. The average Bonchev–Trinajstić information content (AvgIpc) is 2.19. The minimum absolute atomic E-state index is 0.726. The van der Waals surface area contributed by atoms with Crippen molar-refractivity contribution in [2.24, 2.45) is 0 Å². The van der Waals surface area contributed by atoms with Crippen molar-refractivity contribution in [3.63, 3.8) is 0 Å². The Labute approximate surface area is 84.3 Å². The molecule has 70 valence electrons. The van der Waals surface area contributed by atoms with Crippen LogP contribution in [0.5, 0.6) is 0 Å². The van der Waals surface area contributed by atoms with Crippen LogP contribution in [0.3, 0.4) is 0 Å². The Balaban J connectivity index is 2.40. The van der Waals surface area contributed by atoms with Gasteiger partial charge in [0.1, 0.15) is 4.99 Å². The first-order valence-electron chi connectivity index (χ1n) is 4.38. The van der Waals surface area contributed by atoms with E-state index in [0.29, 0.717) is 0 Å². The molecule has 0 aliphatic rings. The zero-order valence-corrected chi connectivity index (χ0v) is 8.53. The Hall–Kier alpha value is -0.930. The van der Waals surface area contributed by atoms with Crippen molar-refractivity contribution in [1.82, 2.24) is 10.6 Å². The summed E-state index contributed by atoms with van der Waals surface area (Å²) in [5, 5.41) is 6.27. The number of hydrogen-bond donors (Lipinski definition) is 2. The van der Waals surface area contributed by atoms with Crippen LogP contribution in [0.1, 0.15) is 12.5 Å². The van der Waals surface area contributed by atoms with Crippen LogP contribution in [-0.4, -0.2) is 18.2 Å². The van der Waals surface area contributed by atoms with Gasteiger partial charge in [-0.05, 0) is 6.54 Å². The number of nitrogens with one attached hydrogen (secondary N) is 2. The van der Waals surface area contributed by atoms with Gasteiger partial charge in [-0.2, -0.15) is 0 Å². The van der Waals surface area contributed by atoms with E-state index in [-0.39, 0.29) is 0 Å². The van der Waals surface area contributed by atoms with E-state index in [1.807, 2.05) is 30.3 Å². The van der Waals surface area contributed by atoms with E-state index >= 15 is 0 Å². The summed E-state index contributed by atoms with van der Waals surface area (Å²) in [6.07, 6.45) is 0. The monoisotopic (exact) mass is 194 g/mol. The smallest absolute Gasteiger partial charge is 0.107 e. The molecular weight excluding hydrogens is 180 g/mol. The molecule has 1 aromatic carbocycles. The van der Waals surface area contributed by atoms with Crippen molar-refractivity contribution in [1.29, 1.82) is 0 Å². The molecule has 0 amide bonds. The predicted molar refractivity (Wildman–Crippen MR) is 59.8 cm³/mol. The number of benzene rings is 1. The van der Waals surface area contributed by atoms with Gasteiger partial charge in [-0.1, -0.05) is 49.5 Å². The quantitative estimate of drug-likeness (QED) is 0.432. The number of thiocarbonyl (C=S) groups is 1. The molecule has 1 rings (SSSR count). The lowest BCUT2D eigenvalue weighted by Crippen LogP contribution is -2.32. The van der Waals surface area contributed by atoms with Crippen molar-refractivity contribution >= 4 is 17.2 Å². The maximum absolute atomic E-state index is 5.18. The van der Waals surface area contributed by atoms with E-state index in [2.05, 4.69) is 17.6 Å². The van der Waals surface area contributed by atoms with Crippen LogP contribution in [0.2, 0.25) is 0 Å². The Kier molecular flexibility index (Phi) is 4.43. The fourth-order valence-electron chi connectivity index (χ4n) is 0.959. The average molecular weight is 194 g/mol. The van der Waals surface area contributed by atoms with Gasteiger partial charge in [-0.15, -0.1) is 0 Å². The van der Waals surface area contributed by atoms with Gasteiger partial charge in [0.25, 0.3) is 0 Å². The lowest BCUT2D eigenvalue weighted by molar-refractivity contribution is 0.697. The third kappa shape index (κ3) is 3.53. The molecule has 0 aliphatic heterocycles. The molecule has 0 saturated heterocycles. The van der Waals surface area contributed by atoms with Crippen LogP contribution in [0, 0.1) is 0 Å². The van der Waals surface area contributed by atoms with Crippen molar-refractivity contribution in [2.45, 2.75) is 6.92 Å². The third-order valence-electron chi connectivity index (χ3n) is 1.66. The molecule has 2 nitrogen and oxygen atoms in total. The van der Waals surface area contributed by atoms with Gasteiger partial charge in [0.15, 0.2) is 0 Å². The predicted octanol–water partition coefficient (Wildman–Crippen LogP) is 1.52. The van der Waals surface area contributed by atoms with Gasteiger partial charge in [0.05, 0.1) is 6.67 Å². The number of rotatable bonds is 4. The van der Waals surface area contributed by atoms with E-state index in [1.165, 1.54) is 0 Å². The molecule has 13 heavy (non-hydrogen) atoms. The highest BCUT2D eigenvalue weighted by Gasteiger charge is 1.96. The highest BCUT2D eigenvalue weighted by atomic mass is 32.1. The van der Waals surface area contributed by atoms with Crippen LogP contribution in [0.25, 0.3) is 0 Å². The molecule has 0 atom stereocenters. The summed E-state index contributed by atoms with van der Waals surface area (Å²) in [5.41, 5.74) is 1.07. The second-order valence-corrected chi connectivity index (χ2v) is 3.06. The number of hydrogen-bond acceptors (Lipinski definition) is 2. The van der Waals surface area contributed by atoms with Gasteiger partial charge < -0.3 is 10.6 Å². The molecule has 0 aromatic heterocycles. The fourth-order valence-corrected chi connectivity index (χ4v) is 1.17. The molecule has 2 N–H and O–H groups in total. The van der Waals surface area contributed by atoms with Gasteiger partial charge in [-0.3, -0.25) is 0 Å². The molecule has 0 radical (unpaired) electrons. The Morgan fingerprint density at radius 3 is 2.62 bits per heavy atom. The van der Waals surface area contributed by atoms with Crippen molar-refractivity contribution in [3.8, 4) is 0 Å². The van der Waals surface area contributed by atoms with Gasteiger partial charge in [-0.25, -0.2) is 0 Å². The summed E-state index contributed by atoms with van der Waals surface area (Å²) in [6, 6.07) is 9.95. The second-order valence-electron chi connectivity index (χ2n) is 2.65. The molecule has 0 spiro atoms. The lowest BCUT2D eigenvalue weighted by atomic mass is 10.2. The van der Waals surface area contributed by atoms with Crippen LogP contribution >= 0.6 is 12.2 Å². The molecule has 0 aliphatic carbocycles. The van der Waals surface area contributed by atoms with Crippen LogP contribution in [-0.2, 0) is 0 Å². The molecule has 0 fully saturated rings. The largest absolute Gasteiger partial charge is 0.363 e. The SMILES string of the molecule is CCNCNC(=S)c1ccccc1. The van der Waals surface area contributed by atoms with Gasteiger partial charge in [0, 0.05) is 5.56 Å². The molecule has 1 aromatic rings. The van der Waals surface area contributed by atoms with Crippen molar-refractivity contribution in [3.05, 3.63) is 35.9 Å². The fraction of sp³-hybridized carbons (Fsp3) is 0.300. The maximum Gasteiger partial charge on any atom is 0.107 e. The van der Waals surface area contributed by atoms with Gasteiger partial charge >= 0.3 is 0 Å². The van der Waals surface area contributed by atoms with Crippen molar-refractivity contribution < 1.29 is 0 Å². The van der Waals surface area contributed by atoms with E-state index in [4.69, 9.17) is 12.2 Å². The van der Waals surface area contributed by atoms with Crippen LogP contribution in [0.4, 0.5) is 0 Å². The summed E-state index contributed by atoms with van der Waals surface area (Å²) < 4.78 is 0. The minimum atomic E-state index is 0.726. The second kappa shape index (κ2) is 5.67. The van der Waals surface area contributed by atoms with Crippen LogP contribution < -0.4 is 10.6 Å². The summed E-state index contributed by atoms with van der Waals surface area (Å²) in [6.45, 7) is 3.74. The minimum Gasteiger partial charge on any atom is -0.363 e. The first-order valence-corrected chi connectivity index (χ1v) is 4.79. The van der Waals surface area contributed by atoms with E-state index in [0.717, 1.165) is 23.8 Å². The first-order chi connectivity index (χ1) is 6.34. The van der Waals surface area contributed by atoms with E-state index < -0.39 is 0 Å². The zero-order valence-electron chi connectivity index (χ0n) is 7.71. The first kappa shape index (κ1) is 10.2. The Morgan fingerprint density at radius 2 is 2.00 bits per heavy atom. The molecule has 0 heterocycles.